The predicted molar refractivity (Wildman–Crippen MR) is 87.9 cm³/mol. The molecule has 0 aliphatic rings. The van der Waals surface area contributed by atoms with Crippen LogP contribution in [0.3, 0.4) is 0 Å². The van der Waals surface area contributed by atoms with Gasteiger partial charge in [-0.3, -0.25) is 4.57 Å². The summed E-state index contributed by atoms with van der Waals surface area (Å²) < 4.78 is 55.4. The lowest BCUT2D eigenvalue weighted by Gasteiger charge is -2.22. The number of halogens is 3. The Morgan fingerprint density at radius 3 is 2.46 bits per heavy atom. The molecule has 138 valence electrons. The normalized spacial score (nSPS) is 16.2. The van der Waals surface area contributed by atoms with Crippen LogP contribution in [-0.2, 0) is 21.4 Å². The molecule has 0 aliphatic carbocycles. The van der Waals surface area contributed by atoms with Crippen molar-refractivity contribution in [1.82, 2.24) is 4.90 Å². The highest BCUT2D eigenvalue weighted by atomic mass is 31.2. The van der Waals surface area contributed by atoms with Gasteiger partial charge in [0.05, 0.1) is 17.8 Å². The van der Waals surface area contributed by atoms with Crippen molar-refractivity contribution in [2.45, 2.75) is 45.6 Å². The van der Waals surface area contributed by atoms with Crippen molar-refractivity contribution >= 4 is 7.60 Å². The Labute approximate surface area is 141 Å². The van der Waals surface area contributed by atoms with Crippen molar-refractivity contribution in [3.63, 3.8) is 0 Å². The summed E-state index contributed by atoms with van der Waals surface area (Å²) in [4.78, 5) is 12.1. The number of nitrogens with zero attached hydrogens (tertiary/aromatic N) is 1. The number of alkyl halides is 3. The van der Waals surface area contributed by atoms with Gasteiger partial charge in [-0.05, 0) is 38.1 Å². The van der Waals surface area contributed by atoms with Gasteiger partial charge in [0.2, 0.25) is 0 Å². The molecule has 0 heterocycles. The fraction of sp³-hybridized carbons (Fsp3) is 0.625. The van der Waals surface area contributed by atoms with Crippen LogP contribution in [0.25, 0.3) is 0 Å². The molecular weight excluding hydrogens is 342 g/mol. The third-order valence-electron chi connectivity index (χ3n) is 3.73. The molecule has 0 radical (unpaired) electrons. The van der Waals surface area contributed by atoms with E-state index >= 15 is 0 Å². The molecule has 0 fully saturated rings. The molecule has 0 aliphatic heterocycles. The Morgan fingerprint density at radius 1 is 1.29 bits per heavy atom. The summed E-state index contributed by atoms with van der Waals surface area (Å²) in [5.41, 5.74) is -0.707. The zero-order valence-electron chi connectivity index (χ0n) is 14.2. The lowest BCUT2D eigenvalue weighted by Crippen LogP contribution is -2.26. The zero-order valence-corrected chi connectivity index (χ0v) is 15.1. The van der Waals surface area contributed by atoms with Crippen LogP contribution in [0.1, 0.15) is 38.3 Å². The topological polar surface area (TPSA) is 49.8 Å². The van der Waals surface area contributed by atoms with E-state index in [2.05, 4.69) is 4.90 Å². The van der Waals surface area contributed by atoms with Crippen LogP contribution in [0.4, 0.5) is 13.2 Å². The van der Waals surface area contributed by atoms with Gasteiger partial charge in [-0.2, -0.15) is 13.2 Å². The van der Waals surface area contributed by atoms with Gasteiger partial charge >= 0.3 is 13.8 Å². The molecule has 2 unspecified atom stereocenters. The van der Waals surface area contributed by atoms with Gasteiger partial charge in [-0.1, -0.05) is 32.0 Å². The fourth-order valence-electron chi connectivity index (χ4n) is 2.35. The first kappa shape index (κ1) is 21.2. The van der Waals surface area contributed by atoms with Crippen LogP contribution >= 0.6 is 7.60 Å². The van der Waals surface area contributed by atoms with Crippen LogP contribution in [0, 0.1) is 0 Å². The number of hydrogen-bond acceptors (Lipinski definition) is 3. The van der Waals surface area contributed by atoms with Gasteiger partial charge in [0.15, 0.2) is 0 Å². The zero-order chi connectivity index (χ0) is 18.4. The van der Waals surface area contributed by atoms with Crippen molar-refractivity contribution < 1.29 is 27.2 Å². The van der Waals surface area contributed by atoms with Crippen LogP contribution in [0.15, 0.2) is 24.3 Å². The van der Waals surface area contributed by atoms with E-state index in [0.717, 1.165) is 31.8 Å². The summed E-state index contributed by atoms with van der Waals surface area (Å²) in [7, 11) is -4.01. The Hall–Kier alpha value is -0.880. The monoisotopic (exact) mass is 367 g/mol. The van der Waals surface area contributed by atoms with E-state index in [1.165, 1.54) is 12.1 Å². The minimum atomic E-state index is -4.48. The highest BCUT2D eigenvalue weighted by molar-refractivity contribution is 7.51. The summed E-state index contributed by atoms with van der Waals surface area (Å²) in [5.74, 6) is 0. The van der Waals surface area contributed by atoms with Crippen molar-refractivity contribution in [3.05, 3.63) is 35.4 Å². The van der Waals surface area contributed by atoms with Crippen molar-refractivity contribution in [1.29, 1.82) is 0 Å². The van der Waals surface area contributed by atoms with Gasteiger partial charge in [0, 0.05) is 6.54 Å². The van der Waals surface area contributed by atoms with E-state index in [1.54, 1.807) is 6.92 Å². The first-order chi connectivity index (χ1) is 11.1. The summed E-state index contributed by atoms with van der Waals surface area (Å²) in [5, 5.41) is 0. The fourth-order valence-corrected chi connectivity index (χ4v) is 3.75. The van der Waals surface area contributed by atoms with Gasteiger partial charge < -0.3 is 14.3 Å². The molecule has 0 bridgehead atoms. The number of benzene rings is 1. The molecule has 0 saturated carbocycles. The van der Waals surface area contributed by atoms with Gasteiger partial charge in [-0.15, -0.1) is 0 Å². The Morgan fingerprint density at radius 2 is 1.92 bits per heavy atom. The molecule has 4 nitrogen and oxygen atoms in total. The molecule has 0 aromatic heterocycles. The minimum absolute atomic E-state index is 0.131. The largest absolute Gasteiger partial charge is 0.416 e. The Balaban J connectivity index is 2.64. The van der Waals surface area contributed by atoms with E-state index in [9.17, 15) is 22.6 Å². The van der Waals surface area contributed by atoms with Crippen molar-refractivity contribution in [3.8, 4) is 0 Å². The highest BCUT2D eigenvalue weighted by Crippen LogP contribution is 2.47. The predicted octanol–water partition coefficient (Wildman–Crippen LogP) is 4.53. The van der Waals surface area contributed by atoms with Gasteiger partial charge in [-0.25, -0.2) is 0 Å². The summed E-state index contributed by atoms with van der Waals surface area (Å²) >= 11 is 0. The molecule has 24 heavy (non-hydrogen) atoms. The average molecular weight is 367 g/mol. The average Bonchev–Trinajstić information content (AvgIpc) is 2.46. The molecule has 1 aromatic carbocycles. The molecule has 0 spiro atoms. The Bertz CT molecular complexity index is 562. The van der Waals surface area contributed by atoms with E-state index in [0.29, 0.717) is 6.42 Å². The lowest BCUT2D eigenvalue weighted by molar-refractivity contribution is -0.137. The van der Waals surface area contributed by atoms with Crippen molar-refractivity contribution in [2.75, 3.05) is 19.6 Å². The third kappa shape index (κ3) is 7.34. The maximum absolute atomic E-state index is 12.7. The lowest BCUT2D eigenvalue weighted by atomic mass is 10.1. The van der Waals surface area contributed by atoms with Crippen LogP contribution in [0.5, 0.6) is 0 Å². The van der Waals surface area contributed by atoms with Crippen LogP contribution < -0.4 is 0 Å². The van der Waals surface area contributed by atoms with E-state index in [4.69, 9.17) is 4.52 Å². The molecule has 0 saturated heterocycles. The summed E-state index contributed by atoms with van der Waals surface area (Å²) in [6.07, 6.45) is -4.79. The highest BCUT2D eigenvalue weighted by Gasteiger charge is 2.31. The van der Waals surface area contributed by atoms with E-state index < -0.39 is 31.6 Å². The number of hydrogen-bond donors (Lipinski definition) is 1. The summed E-state index contributed by atoms with van der Waals surface area (Å²) in [6, 6.07) is 4.43. The second-order valence-electron chi connectivity index (χ2n) is 5.73. The molecule has 0 amide bonds. The number of rotatable bonds is 9. The smallest absolute Gasteiger partial charge is 0.324 e. The maximum atomic E-state index is 12.7. The molecule has 1 rings (SSSR count). The minimum Gasteiger partial charge on any atom is -0.324 e. The standard InChI is InChI=1S/C16H25F3NO3P/c1-4-20(5-2)10-9-13(3)23-24(21,22)12-14-7-6-8-15(11-14)16(17,18)19/h6-8,11,13H,4-5,9-10,12H2,1-3H3,(H,21,22). The SMILES string of the molecule is CCN(CC)CCC(C)OP(=O)(O)Cc1cccc(C(F)(F)F)c1. The maximum Gasteiger partial charge on any atom is 0.416 e. The molecule has 8 heteroatoms. The van der Waals surface area contributed by atoms with E-state index in [-0.39, 0.29) is 5.56 Å². The second kappa shape index (κ2) is 8.99. The van der Waals surface area contributed by atoms with Gasteiger partial charge in [0.1, 0.15) is 0 Å². The van der Waals surface area contributed by atoms with Crippen LogP contribution in [0.2, 0.25) is 0 Å². The summed E-state index contributed by atoms with van der Waals surface area (Å²) in [6.45, 7) is 8.24. The quantitative estimate of drug-likeness (QED) is 0.652. The van der Waals surface area contributed by atoms with E-state index in [1.807, 2.05) is 13.8 Å². The molecular formula is C16H25F3NO3P. The molecule has 1 N–H and O–H groups in total. The molecule has 1 aromatic rings. The second-order valence-corrected chi connectivity index (χ2v) is 7.53. The first-order valence-electron chi connectivity index (χ1n) is 7.96. The van der Waals surface area contributed by atoms with Crippen molar-refractivity contribution in [2.24, 2.45) is 0 Å². The molecule has 2 atom stereocenters. The third-order valence-corrected chi connectivity index (χ3v) is 5.18. The van der Waals surface area contributed by atoms with Crippen LogP contribution in [-0.4, -0.2) is 35.5 Å². The van der Waals surface area contributed by atoms with Gasteiger partial charge in [0.25, 0.3) is 0 Å². The Kier molecular flexibility index (Phi) is 7.93. The first-order valence-corrected chi connectivity index (χ1v) is 9.72.